The van der Waals surface area contributed by atoms with E-state index in [2.05, 4.69) is 15.2 Å². The zero-order chi connectivity index (χ0) is 18.6. The number of hydrogen-bond acceptors (Lipinski definition) is 5. The number of carbonyl (C=O) groups is 1. The first-order valence-corrected chi connectivity index (χ1v) is 8.85. The van der Waals surface area contributed by atoms with Crippen LogP contribution in [0.1, 0.15) is 17.5 Å². The van der Waals surface area contributed by atoms with Gasteiger partial charge in [-0.2, -0.15) is 5.10 Å². The predicted molar refractivity (Wildman–Crippen MR) is 99.2 cm³/mol. The molecule has 0 radical (unpaired) electrons. The van der Waals surface area contributed by atoms with Crippen molar-refractivity contribution >= 4 is 5.91 Å². The Morgan fingerprint density at radius 2 is 2.22 bits per heavy atom. The molecule has 0 aliphatic carbocycles. The smallest absolute Gasteiger partial charge is 0.223 e. The SMILES string of the molecule is O=C(CCc1cn[nH]c1)N1CCOc2c(O)cc(-c3cccnc3)cc2C1. The monoisotopic (exact) mass is 364 g/mol. The Labute approximate surface area is 156 Å². The second-order valence-corrected chi connectivity index (χ2v) is 6.50. The minimum atomic E-state index is 0.0546. The lowest BCUT2D eigenvalue weighted by Crippen LogP contribution is -2.32. The van der Waals surface area contributed by atoms with Gasteiger partial charge in [0.05, 0.1) is 12.7 Å². The highest BCUT2D eigenvalue weighted by molar-refractivity contribution is 5.77. The van der Waals surface area contributed by atoms with Gasteiger partial charge in [-0.05, 0) is 35.7 Å². The number of aromatic hydroxyl groups is 1. The van der Waals surface area contributed by atoms with Crippen molar-refractivity contribution in [3.63, 3.8) is 0 Å². The number of fused-ring (bicyclic) bond motifs is 1. The summed E-state index contributed by atoms with van der Waals surface area (Å²) in [5.74, 6) is 0.589. The molecule has 27 heavy (non-hydrogen) atoms. The Balaban J connectivity index is 1.55. The molecular weight excluding hydrogens is 344 g/mol. The van der Waals surface area contributed by atoms with Gasteiger partial charge in [0.15, 0.2) is 11.5 Å². The molecule has 0 fully saturated rings. The number of pyridine rings is 1. The highest BCUT2D eigenvalue weighted by Crippen LogP contribution is 2.37. The third-order valence-corrected chi connectivity index (χ3v) is 4.65. The fourth-order valence-electron chi connectivity index (χ4n) is 3.24. The number of aromatic amines is 1. The van der Waals surface area contributed by atoms with Crippen LogP contribution >= 0.6 is 0 Å². The van der Waals surface area contributed by atoms with Crippen LogP contribution in [0.15, 0.2) is 49.1 Å². The summed E-state index contributed by atoms with van der Waals surface area (Å²) >= 11 is 0. The maximum Gasteiger partial charge on any atom is 0.223 e. The number of benzene rings is 1. The topological polar surface area (TPSA) is 91.3 Å². The number of ether oxygens (including phenoxy) is 1. The summed E-state index contributed by atoms with van der Waals surface area (Å²) < 4.78 is 5.73. The van der Waals surface area contributed by atoms with Crippen molar-refractivity contribution in [2.75, 3.05) is 13.2 Å². The van der Waals surface area contributed by atoms with Gasteiger partial charge >= 0.3 is 0 Å². The van der Waals surface area contributed by atoms with Gasteiger partial charge in [0.25, 0.3) is 0 Å². The Morgan fingerprint density at radius 1 is 1.30 bits per heavy atom. The summed E-state index contributed by atoms with van der Waals surface area (Å²) in [6, 6.07) is 7.40. The molecule has 2 aromatic heterocycles. The van der Waals surface area contributed by atoms with Gasteiger partial charge in [0, 0.05) is 42.7 Å². The normalized spacial score (nSPS) is 13.6. The molecule has 0 saturated heterocycles. The molecule has 138 valence electrons. The lowest BCUT2D eigenvalue weighted by Gasteiger charge is -2.20. The van der Waals surface area contributed by atoms with E-state index in [9.17, 15) is 9.90 Å². The van der Waals surface area contributed by atoms with E-state index in [-0.39, 0.29) is 11.7 Å². The van der Waals surface area contributed by atoms with Crippen molar-refractivity contribution in [2.24, 2.45) is 0 Å². The van der Waals surface area contributed by atoms with Crippen LogP contribution in [-0.4, -0.2) is 44.2 Å². The predicted octanol–water partition coefficient (Wildman–Crippen LogP) is 2.53. The standard InChI is InChI=1S/C20H20N4O3/c25-18-9-16(15-2-1-5-21-12-15)8-17-13-24(6-7-27-20(17)18)19(26)4-3-14-10-22-23-11-14/h1-2,5,8-12,25H,3-4,6-7,13H2,(H,22,23). The highest BCUT2D eigenvalue weighted by Gasteiger charge is 2.22. The first-order chi connectivity index (χ1) is 13.2. The van der Waals surface area contributed by atoms with Crippen LogP contribution in [0.5, 0.6) is 11.5 Å². The first kappa shape index (κ1) is 17.1. The Kier molecular flexibility index (Phi) is 4.74. The average molecular weight is 364 g/mol. The molecule has 3 heterocycles. The largest absolute Gasteiger partial charge is 0.504 e. The van der Waals surface area contributed by atoms with Crippen molar-refractivity contribution in [1.29, 1.82) is 0 Å². The summed E-state index contributed by atoms with van der Waals surface area (Å²) in [4.78, 5) is 18.6. The van der Waals surface area contributed by atoms with Gasteiger partial charge in [-0.1, -0.05) is 6.07 Å². The zero-order valence-electron chi connectivity index (χ0n) is 14.8. The molecule has 7 nitrogen and oxygen atoms in total. The van der Waals surface area contributed by atoms with Crippen LogP contribution in [0, 0.1) is 0 Å². The molecule has 0 saturated carbocycles. The highest BCUT2D eigenvalue weighted by atomic mass is 16.5. The second-order valence-electron chi connectivity index (χ2n) is 6.50. The van der Waals surface area contributed by atoms with Crippen molar-refractivity contribution < 1.29 is 14.6 Å². The number of H-pyrrole nitrogens is 1. The van der Waals surface area contributed by atoms with Gasteiger partial charge in [-0.15, -0.1) is 0 Å². The van der Waals surface area contributed by atoms with E-state index in [1.54, 1.807) is 35.8 Å². The number of carbonyl (C=O) groups excluding carboxylic acids is 1. The maximum atomic E-state index is 12.7. The number of nitrogens with one attached hydrogen (secondary N) is 1. The molecule has 1 aliphatic heterocycles. The van der Waals surface area contributed by atoms with E-state index < -0.39 is 0 Å². The molecule has 0 bridgehead atoms. The summed E-state index contributed by atoms with van der Waals surface area (Å²) in [5.41, 5.74) is 3.54. The minimum Gasteiger partial charge on any atom is -0.504 e. The van der Waals surface area contributed by atoms with Crippen LogP contribution in [0.2, 0.25) is 0 Å². The molecule has 3 aromatic rings. The van der Waals surface area contributed by atoms with Crippen LogP contribution in [-0.2, 0) is 17.8 Å². The van der Waals surface area contributed by atoms with Crippen LogP contribution in [0.25, 0.3) is 11.1 Å². The minimum absolute atomic E-state index is 0.0546. The van der Waals surface area contributed by atoms with Gasteiger partial charge in [0.2, 0.25) is 5.91 Å². The third-order valence-electron chi connectivity index (χ3n) is 4.65. The van der Waals surface area contributed by atoms with E-state index >= 15 is 0 Å². The fraction of sp³-hybridized carbons (Fsp3) is 0.250. The zero-order valence-corrected chi connectivity index (χ0v) is 14.8. The summed E-state index contributed by atoms with van der Waals surface area (Å²) in [6.07, 6.45) is 8.02. The lowest BCUT2D eigenvalue weighted by atomic mass is 10.0. The summed E-state index contributed by atoms with van der Waals surface area (Å²) in [5, 5.41) is 17.1. The summed E-state index contributed by atoms with van der Waals surface area (Å²) in [7, 11) is 0. The quantitative estimate of drug-likeness (QED) is 0.742. The second kappa shape index (κ2) is 7.49. The van der Waals surface area contributed by atoms with Crippen LogP contribution < -0.4 is 4.74 Å². The summed E-state index contributed by atoms with van der Waals surface area (Å²) in [6.45, 7) is 1.24. The Hall–Kier alpha value is -3.35. The number of aromatic nitrogens is 3. The average Bonchev–Trinajstić information content (AvgIpc) is 3.11. The van der Waals surface area contributed by atoms with E-state index in [0.29, 0.717) is 38.3 Å². The van der Waals surface area contributed by atoms with Gasteiger partial charge in [-0.25, -0.2) is 0 Å². The number of hydrogen-bond donors (Lipinski definition) is 2. The number of phenolic OH excluding ortho intramolecular Hbond substituents is 1. The number of nitrogens with zero attached hydrogens (tertiary/aromatic N) is 3. The number of amides is 1. The third kappa shape index (κ3) is 3.76. The molecule has 1 aromatic carbocycles. The Morgan fingerprint density at radius 3 is 3.00 bits per heavy atom. The van der Waals surface area contributed by atoms with Crippen LogP contribution in [0.3, 0.4) is 0 Å². The molecule has 4 rings (SSSR count). The maximum absolute atomic E-state index is 12.7. The molecule has 7 heteroatoms. The molecule has 1 aliphatic rings. The van der Waals surface area contributed by atoms with Gasteiger partial charge < -0.3 is 14.7 Å². The molecule has 1 amide bonds. The number of phenols is 1. The number of rotatable bonds is 4. The van der Waals surface area contributed by atoms with E-state index in [1.165, 1.54) is 0 Å². The molecule has 0 atom stereocenters. The van der Waals surface area contributed by atoms with E-state index in [1.807, 2.05) is 18.2 Å². The molecular formula is C20H20N4O3. The van der Waals surface area contributed by atoms with Crippen LogP contribution in [0.4, 0.5) is 0 Å². The van der Waals surface area contributed by atoms with E-state index in [0.717, 1.165) is 22.3 Å². The first-order valence-electron chi connectivity index (χ1n) is 8.85. The van der Waals surface area contributed by atoms with E-state index in [4.69, 9.17) is 4.74 Å². The molecule has 0 spiro atoms. The van der Waals surface area contributed by atoms with Gasteiger partial charge in [-0.3, -0.25) is 14.9 Å². The number of aryl methyl sites for hydroxylation is 1. The van der Waals surface area contributed by atoms with Crippen molar-refractivity contribution in [3.05, 3.63) is 60.2 Å². The van der Waals surface area contributed by atoms with Crippen molar-refractivity contribution in [1.82, 2.24) is 20.1 Å². The van der Waals surface area contributed by atoms with Crippen molar-refractivity contribution in [2.45, 2.75) is 19.4 Å². The van der Waals surface area contributed by atoms with Crippen molar-refractivity contribution in [3.8, 4) is 22.6 Å². The fourth-order valence-corrected chi connectivity index (χ4v) is 3.24. The molecule has 0 unspecified atom stereocenters. The Bertz CT molecular complexity index is 926. The van der Waals surface area contributed by atoms with Gasteiger partial charge in [0.1, 0.15) is 6.61 Å². The molecule has 2 N–H and O–H groups in total. The lowest BCUT2D eigenvalue weighted by molar-refractivity contribution is -0.131.